The van der Waals surface area contributed by atoms with Crippen molar-refractivity contribution in [2.24, 2.45) is 5.73 Å². The van der Waals surface area contributed by atoms with Gasteiger partial charge in [-0.05, 0) is 31.0 Å². The van der Waals surface area contributed by atoms with Crippen LogP contribution in [-0.2, 0) is 5.41 Å². The Hall–Kier alpha value is -1.23. The Kier molecular flexibility index (Phi) is 3.76. The minimum absolute atomic E-state index is 0.211. The molecule has 1 aromatic rings. The summed E-state index contributed by atoms with van der Waals surface area (Å²) >= 11 is 0. The monoisotopic (exact) mass is 273 g/mol. The fourth-order valence-corrected chi connectivity index (χ4v) is 2.77. The summed E-state index contributed by atoms with van der Waals surface area (Å²) in [5, 5.41) is 0. The second-order valence-corrected chi connectivity index (χ2v) is 5.19. The lowest BCUT2D eigenvalue weighted by Crippen LogP contribution is -2.42. The van der Waals surface area contributed by atoms with Gasteiger partial charge in [-0.3, -0.25) is 0 Å². The number of hydrogen-bond donors (Lipinski definition) is 1. The topological polar surface area (TPSA) is 35.2 Å². The maximum absolute atomic E-state index is 13.5. The van der Waals surface area contributed by atoms with E-state index in [1.807, 2.05) is 0 Å². The first kappa shape index (κ1) is 14.2. The molecule has 0 unspecified atom stereocenters. The molecule has 1 aromatic carbocycles. The van der Waals surface area contributed by atoms with Crippen LogP contribution in [0, 0.1) is 5.82 Å². The highest BCUT2D eigenvalue weighted by Gasteiger charge is 2.44. The first-order valence-corrected chi connectivity index (χ1v) is 6.34. The van der Waals surface area contributed by atoms with E-state index in [2.05, 4.69) is 0 Å². The first-order valence-electron chi connectivity index (χ1n) is 6.34. The van der Waals surface area contributed by atoms with Gasteiger partial charge in [0.15, 0.2) is 0 Å². The zero-order valence-electron chi connectivity index (χ0n) is 10.9. The van der Waals surface area contributed by atoms with Crippen molar-refractivity contribution < 1.29 is 17.9 Å². The summed E-state index contributed by atoms with van der Waals surface area (Å²) in [5.41, 5.74) is 5.80. The highest BCUT2D eigenvalue weighted by molar-refractivity contribution is 5.41. The third-order valence-corrected chi connectivity index (χ3v) is 4.06. The fraction of sp³-hybridized carbons (Fsp3) is 0.571. The molecule has 0 heterocycles. The van der Waals surface area contributed by atoms with Crippen molar-refractivity contribution in [2.75, 3.05) is 13.7 Å². The van der Waals surface area contributed by atoms with Crippen LogP contribution in [-0.4, -0.2) is 19.6 Å². The minimum atomic E-state index is -2.64. The normalized spacial score (nSPS) is 21.1. The number of benzene rings is 1. The third-order valence-electron chi connectivity index (χ3n) is 4.06. The predicted molar refractivity (Wildman–Crippen MR) is 67.1 cm³/mol. The van der Waals surface area contributed by atoms with Gasteiger partial charge in [-0.25, -0.2) is 13.2 Å². The van der Waals surface area contributed by atoms with Crippen molar-refractivity contribution >= 4 is 0 Å². The van der Waals surface area contributed by atoms with Crippen molar-refractivity contribution in [1.29, 1.82) is 0 Å². The molecule has 0 aromatic heterocycles. The van der Waals surface area contributed by atoms with E-state index in [9.17, 15) is 13.2 Å². The summed E-state index contributed by atoms with van der Waals surface area (Å²) in [6, 6.07) is 4.17. The van der Waals surface area contributed by atoms with Crippen molar-refractivity contribution in [3.63, 3.8) is 0 Å². The molecule has 1 aliphatic rings. The van der Waals surface area contributed by atoms with Crippen LogP contribution in [0.4, 0.5) is 13.2 Å². The Bertz CT molecular complexity index is 452. The van der Waals surface area contributed by atoms with E-state index in [-0.39, 0.29) is 32.2 Å². The number of ether oxygens (including phenoxy) is 1. The van der Waals surface area contributed by atoms with Gasteiger partial charge in [0.1, 0.15) is 11.6 Å². The Labute approximate surface area is 110 Å². The number of alkyl halides is 2. The lowest BCUT2D eigenvalue weighted by Gasteiger charge is -2.40. The molecule has 2 nitrogen and oxygen atoms in total. The second-order valence-electron chi connectivity index (χ2n) is 5.19. The maximum Gasteiger partial charge on any atom is 0.248 e. The highest BCUT2D eigenvalue weighted by Crippen LogP contribution is 2.47. The highest BCUT2D eigenvalue weighted by atomic mass is 19.3. The van der Waals surface area contributed by atoms with Gasteiger partial charge in [0, 0.05) is 30.4 Å². The van der Waals surface area contributed by atoms with Crippen LogP contribution in [0.3, 0.4) is 0 Å². The van der Waals surface area contributed by atoms with E-state index >= 15 is 0 Å². The van der Waals surface area contributed by atoms with Crippen LogP contribution in [0.2, 0.25) is 0 Å². The maximum atomic E-state index is 13.5. The fourth-order valence-electron chi connectivity index (χ4n) is 2.77. The predicted octanol–water partition coefficient (Wildman–Crippen LogP) is 3.24. The lowest BCUT2D eigenvalue weighted by molar-refractivity contribution is -0.0511. The largest absolute Gasteiger partial charge is 0.496 e. The summed E-state index contributed by atoms with van der Waals surface area (Å²) in [6.45, 7) is 0.211. The molecule has 106 valence electrons. The van der Waals surface area contributed by atoms with Crippen LogP contribution in [0.5, 0.6) is 5.75 Å². The number of methoxy groups -OCH3 is 1. The molecule has 1 aliphatic carbocycles. The summed E-state index contributed by atoms with van der Waals surface area (Å²) in [6.07, 6.45) is 0.0559. The third kappa shape index (κ3) is 2.71. The summed E-state index contributed by atoms with van der Waals surface area (Å²) in [4.78, 5) is 0. The average molecular weight is 273 g/mol. The number of hydrogen-bond acceptors (Lipinski definition) is 2. The zero-order valence-corrected chi connectivity index (χ0v) is 10.9. The zero-order chi connectivity index (χ0) is 14.1. The van der Waals surface area contributed by atoms with E-state index in [0.29, 0.717) is 11.3 Å². The van der Waals surface area contributed by atoms with Crippen molar-refractivity contribution in [1.82, 2.24) is 0 Å². The van der Waals surface area contributed by atoms with Gasteiger partial charge in [0.25, 0.3) is 0 Å². The average Bonchev–Trinajstić information content (AvgIpc) is 2.39. The molecule has 0 radical (unpaired) electrons. The standard InChI is InChI=1S/C14H18F3NO/c1-19-12-3-2-10(15)8-11(12)13(9-18)4-6-14(16,17)7-5-13/h2-3,8H,4-7,9,18H2,1H3. The first-order chi connectivity index (χ1) is 8.92. The molecular weight excluding hydrogens is 255 g/mol. The second kappa shape index (κ2) is 5.04. The van der Waals surface area contributed by atoms with Crippen LogP contribution in [0.1, 0.15) is 31.2 Å². The molecule has 5 heteroatoms. The molecular formula is C14H18F3NO. The molecule has 0 saturated heterocycles. The van der Waals surface area contributed by atoms with Gasteiger partial charge in [-0.1, -0.05) is 0 Å². The summed E-state index contributed by atoms with van der Waals surface area (Å²) in [5.74, 6) is -2.53. The van der Waals surface area contributed by atoms with Gasteiger partial charge in [-0.2, -0.15) is 0 Å². The van der Waals surface area contributed by atoms with E-state index in [0.717, 1.165) is 0 Å². The summed E-state index contributed by atoms with van der Waals surface area (Å²) < 4.78 is 45.3. The number of rotatable bonds is 3. The van der Waals surface area contributed by atoms with E-state index in [1.165, 1.54) is 25.3 Å². The molecule has 0 amide bonds. The van der Waals surface area contributed by atoms with Crippen molar-refractivity contribution in [3.8, 4) is 5.75 Å². The molecule has 0 atom stereocenters. The van der Waals surface area contributed by atoms with Crippen LogP contribution in [0.15, 0.2) is 18.2 Å². The number of halogens is 3. The molecule has 0 aliphatic heterocycles. The Balaban J connectivity index is 2.39. The number of nitrogens with two attached hydrogens (primary N) is 1. The van der Waals surface area contributed by atoms with Gasteiger partial charge < -0.3 is 10.5 Å². The summed E-state index contributed by atoms with van der Waals surface area (Å²) in [7, 11) is 1.48. The molecule has 19 heavy (non-hydrogen) atoms. The lowest BCUT2D eigenvalue weighted by atomic mass is 9.68. The molecule has 0 spiro atoms. The quantitative estimate of drug-likeness (QED) is 0.917. The molecule has 0 bridgehead atoms. The van der Waals surface area contributed by atoms with Crippen molar-refractivity contribution in [2.45, 2.75) is 37.0 Å². The van der Waals surface area contributed by atoms with Crippen LogP contribution < -0.4 is 10.5 Å². The van der Waals surface area contributed by atoms with E-state index in [1.54, 1.807) is 0 Å². The minimum Gasteiger partial charge on any atom is -0.496 e. The SMILES string of the molecule is COc1ccc(F)cc1C1(CN)CCC(F)(F)CC1. The smallest absolute Gasteiger partial charge is 0.248 e. The molecule has 2 rings (SSSR count). The molecule has 1 saturated carbocycles. The van der Waals surface area contributed by atoms with Gasteiger partial charge in [-0.15, -0.1) is 0 Å². The van der Waals surface area contributed by atoms with E-state index < -0.39 is 17.2 Å². The Morgan fingerprint density at radius 2 is 1.84 bits per heavy atom. The van der Waals surface area contributed by atoms with Gasteiger partial charge in [0.2, 0.25) is 5.92 Å². The Morgan fingerprint density at radius 1 is 1.21 bits per heavy atom. The van der Waals surface area contributed by atoms with E-state index in [4.69, 9.17) is 10.5 Å². The Morgan fingerprint density at radius 3 is 2.37 bits per heavy atom. The molecule has 2 N–H and O–H groups in total. The molecule has 1 fully saturated rings. The van der Waals surface area contributed by atoms with Gasteiger partial charge in [0.05, 0.1) is 7.11 Å². The van der Waals surface area contributed by atoms with Crippen LogP contribution >= 0.6 is 0 Å². The van der Waals surface area contributed by atoms with Crippen molar-refractivity contribution in [3.05, 3.63) is 29.6 Å². The van der Waals surface area contributed by atoms with Gasteiger partial charge >= 0.3 is 0 Å². The van der Waals surface area contributed by atoms with Crippen LogP contribution in [0.25, 0.3) is 0 Å².